The van der Waals surface area contributed by atoms with Gasteiger partial charge in [0.05, 0.1) is 13.1 Å². The molecule has 0 aliphatic carbocycles. The average molecular weight is 277 g/mol. The third kappa shape index (κ3) is 2.07. The van der Waals surface area contributed by atoms with Gasteiger partial charge in [-0.15, -0.1) is 10.2 Å². The molecule has 0 amide bonds. The molecule has 0 bridgehead atoms. The van der Waals surface area contributed by atoms with Crippen molar-refractivity contribution in [2.45, 2.75) is 19.4 Å². The van der Waals surface area contributed by atoms with E-state index in [0.717, 1.165) is 11.6 Å². The van der Waals surface area contributed by atoms with E-state index in [4.69, 9.17) is 9.84 Å². The molecule has 1 N–H and O–H groups in total. The number of fused-ring (bicyclic) bond motifs is 1. The van der Waals surface area contributed by atoms with Crippen LogP contribution in [0.2, 0.25) is 0 Å². The average Bonchev–Trinajstić information content (AvgIpc) is 2.75. The van der Waals surface area contributed by atoms with Crippen LogP contribution in [0.5, 0.6) is 0 Å². The van der Waals surface area contributed by atoms with Gasteiger partial charge in [0, 0.05) is 12.4 Å². The van der Waals surface area contributed by atoms with Crippen LogP contribution in [0.15, 0.2) is 12.4 Å². The summed E-state index contributed by atoms with van der Waals surface area (Å²) in [4.78, 5) is 16.9. The zero-order valence-corrected chi connectivity index (χ0v) is 11.3. The minimum Gasteiger partial charge on any atom is -0.480 e. The fraction of sp³-hybridized carbons (Fsp3) is 0.500. The van der Waals surface area contributed by atoms with E-state index in [1.54, 1.807) is 6.20 Å². The smallest absolute Gasteiger partial charge is 0.329 e. The molecule has 1 saturated heterocycles. The van der Waals surface area contributed by atoms with E-state index in [1.165, 1.54) is 0 Å². The van der Waals surface area contributed by atoms with Crippen LogP contribution >= 0.6 is 0 Å². The topological polar surface area (TPSA) is 92.8 Å². The largest absolute Gasteiger partial charge is 0.480 e. The van der Waals surface area contributed by atoms with Crippen molar-refractivity contribution < 1.29 is 14.6 Å². The Morgan fingerprint density at radius 3 is 2.95 bits per heavy atom. The Bertz CT molecular complexity index is 662. The molecule has 3 rings (SSSR count). The molecule has 1 aliphatic heterocycles. The zero-order chi connectivity index (χ0) is 14.3. The van der Waals surface area contributed by atoms with Gasteiger partial charge < -0.3 is 14.7 Å². The van der Waals surface area contributed by atoms with Gasteiger partial charge in [0.25, 0.3) is 0 Å². The normalized spacial score (nSPS) is 17.2. The lowest BCUT2D eigenvalue weighted by Crippen LogP contribution is -2.62. The number of rotatable bonds is 4. The number of hydrogen-bond acceptors (Lipinski definition) is 6. The summed E-state index contributed by atoms with van der Waals surface area (Å²) in [6, 6.07) is 0. The number of hydrogen-bond donors (Lipinski definition) is 1. The van der Waals surface area contributed by atoms with Gasteiger partial charge in [0.15, 0.2) is 5.82 Å². The molecule has 2 aromatic heterocycles. The first kappa shape index (κ1) is 12.8. The maximum Gasteiger partial charge on any atom is 0.329 e. The molecule has 1 aliphatic rings. The molecular weight excluding hydrogens is 262 g/mol. The van der Waals surface area contributed by atoms with Gasteiger partial charge >= 0.3 is 5.97 Å². The zero-order valence-electron chi connectivity index (χ0n) is 11.3. The number of nitrogens with zero attached hydrogens (tertiary/aromatic N) is 5. The van der Waals surface area contributed by atoms with Crippen molar-refractivity contribution in [2.75, 3.05) is 24.6 Å². The van der Waals surface area contributed by atoms with Crippen LogP contribution in [0.4, 0.5) is 5.82 Å². The second-order valence-corrected chi connectivity index (χ2v) is 5.18. The first-order valence-electron chi connectivity index (χ1n) is 6.26. The molecule has 0 saturated carbocycles. The van der Waals surface area contributed by atoms with Crippen molar-refractivity contribution in [1.29, 1.82) is 0 Å². The summed E-state index contributed by atoms with van der Waals surface area (Å²) in [5.41, 5.74) is 0.243. The molecule has 0 radical (unpaired) electrons. The predicted octanol–water partition coefficient (Wildman–Crippen LogP) is 0.113. The molecule has 20 heavy (non-hydrogen) atoms. The van der Waals surface area contributed by atoms with Crippen LogP contribution < -0.4 is 4.90 Å². The fourth-order valence-electron chi connectivity index (χ4n) is 2.39. The standard InChI is InChI=1S/C12H15N5O3/c1-8-14-15-11-10(13-3-4-17(8)11)16-6-12(2,7-16)20-5-9(18)19/h3-4H,5-7H2,1-2H3,(H,18,19). The summed E-state index contributed by atoms with van der Waals surface area (Å²) in [6.45, 7) is 4.64. The van der Waals surface area contributed by atoms with E-state index in [-0.39, 0.29) is 6.61 Å². The SMILES string of the molecule is Cc1nnc2c(N3CC(C)(OCC(=O)O)C3)nccn12. The van der Waals surface area contributed by atoms with E-state index >= 15 is 0 Å². The van der Waals surface area contributed by atoms with Crippen molar-refractivity contribution in [3.05, 3.63) is 18.2 Å². The van der Waals surface area contributed by atoms with Crippen LogP contribution in [0.1, 0.15) is 12.7 Å². The van der Waals surface area contributed by atoms with Gasteiger partial charge in [-0.2, -0.15) is 0 Å². The van der Waals surface area contributed by atoms with E-state index in [1.807, 2.05) is 29.3 Å². The Hall–Kier alpha value is -2.22. The summed E-state index contributed by atoms with van der Waals surface area (Å²) in [5.74, 6) is 0.580. The number of carboxylic acids is 1. The Kier molecular flexibility index (Phi) is 2.82. The van der Waals surface area contributed by atoms with Gasteiger partial charge in [-0.1, -0.05) is 0 Å². The highest BCUT2D eigenvalue weighted by Crippen LogP contribution is 2.30. The van der Waals surface area contributed by atoms with Crippen molar-refractivity contribution in [3.8, 4) is 0 Å². The van der Waals surface area contributed by atoms with Crippen LogP contribution in [0, 0.1) is 6.92 Å². The molecular formula is C12H15N5O3. The fourth-order valence-corrected chi connectivity index (χ4v) is 2.39. The minimum atomic E-state index is -0.960. The predicted molar refractivity (Wildman–Crippen MR) is 69.7 cm³/mol. The van der Waals surface area contributed by atoms with E-state index in [9.17, 15) is 4.79 Å². The number of carboxylic acid groups (broad SMARTS) is 1. The molecule has 8 heteroatoms. The van der Waals surface area contributed by atoms with Gasteiger partial charge in [0.2, 0.25) is 5.65 Å². The Morgan fingerprint density at radius 1 is 1.50 bits per heavy atom. The third-order valence-corrected chi connectivity index (χ3v) is 3.37. The summed E-state index contributed by atoms with van der Waals surface area (Å²) >= 11 is 0. The quantitative estimate of drug-likeness (QED) is 0.848. The van der Waals surface area contributed by atoms with Crippen molar-refractivity contribution in [3.63, 3.8) is 0 Å². The lowest BCUT2D eigenvalue weighted by molar-refractivity contribution is -0.150. The van der Waals surface area contributed by atoms with Crippen LogP contribution in [-0.4, -0.2) is 56.0 Å². The summed E-state index contributed by atoms with van der Waals surface area (Å²) in [7, 11) is 0. The maximum absolute atomic E-state index is 10.5. The van der Waals surface area contributed by atoms with Crippen molar-refractivity contribution in [1.82, 2.24) is 19.6 Å². The van der Waals surface area contributed by atoms with E-state index in [0.29, 0.717) is 18.7 Å². The lowest BCUT2D eigenvalue weighted by Gasteiger charge is -2.47. The first-order chi connectivity index (χ1) is 9.48. The number of anilines is 1. The molecule has 0 aromatic carbocycles. The van der Waals surface area contributed by atoms with Crippen LogP contribution in [0.25, 0.3) is 5.65 Å². The second-order valence-electron chi connectivity index (χ2n) is 5.18. The van der Waals surface area contributed by atoms with Crippen LogP contribution in [-0.2, 0) is 9.53 Å². The Balaban J connectivity index is 1.77. The number of carbonyl (C=O) groups is 1. The second kappa shape index (κ2) is 4.41. The van der Waals surface area contributed by atoms with Crippen molar-refractivity contribution >= 4 is 17.4 Å². The Morgan fingerprint density at radius 2 is 2.25 bits per heavy atom. The number of aromatic nitrogens is 4. The molecule has 106 valence electrons. The van der Waals surface area contributed by atoms with Gasteiger partial charge in [0.1, 0.15) is 18.0 Å². The number of aliphatic carboxylic acids is 1. The monoisotopic (exact) mass is 277 g/mol. The summed E-state index contributed by atoms with van der Waals surface area (Å²) in [6.07, 6.45) is 3.51. The minimum absolute atomic E-state index is 0.286. The summed E-state index contributed by atoms with van der Waals surface area (Å²) < 4.78 is 7.26. The highest BCUT2D eigenvalue weighted by Gasteiger charge is 2.42. The maximum atomic E-state index is 10.5. The molecule has 1 fully saturated rings. The van der Waals surface area contributed by atoms with Crippen LogP contribution in [0.3, 0.4) is 0 Å². The Labute approximate surface area is 115 Å². The van der Waals surface area contributed by atoms with Gasteiger partial charge in [-0.25, -0.2) is 9.78 Å². The summed E-state index contributed by atoms with van der Waals surface area (Å²) in [5, 5.41) is 16.8. The molecule has 0 unspecified atom stereocenters. The molecule has 0 spiro atoms. The number of aryl methyl sites for hydroxylation is 1. The molecule has 0 atom stereocenters. The highest BCUT2D eigenvalue weighted by molar-refractivity contribution is 5.68. The molecule has 3 heterocycles. The van der Waals surface area contributed by atoms with E-state index < -0.39 is 11.6 Å². The third-order valence-electron chi connectivity index (χ3n) is 3.37. The van der Waals surface area contributed by atoms with Gasteiger partial charge in [-0.3, -0.25) is 4.40 Å². The molecule has 2 aromatic rings. The highest BCUT2D eigenvalue weighted by atomic mass is 16.5. The van der Waals surface area contributed by atoms with E-state index in [2.05, 4.69) is 15.2 Å². The van der Waals surface area contributed by atoms with Crippen molar-refractivity contribution in [2.24, 2.45) is 0 Å². The lowest BCUT2D eigenvalue weighted by atomic mass is 9.96. The first-order valence-corrected chi connectivity index (χ1v) is 6.26. The number of ether oxygens (including phenoxy) is 1. The molecule has 8 nitrogen and oxygen atoms in total. The van der Waals surface area contributed by atoms with Gasteiger partial charge in [-0.05, 0) is 13.8 Å².